The molecule has 0 aliphatic carbocycles. The van der Waals surface area contributed by atoms with Gasteiger partial charge in [-0.15, -0.1) is 0 Å². The van der Waals surface area contributed by atoms with E-state index in [9.17, 15) is 44.1 Å². The largest absolute Gasteiger partial charge is 0.481 e. The average Bonchev–Trinajstić information content (AvgIpc) is 3.84. The molecule has 11 atom stereocenters. The number of anilines is 1. The van der Waals surface area contributed by atoms with Crippen molar-refractivity contribution < 1.29 is 67.0 Å². The molecule has 1 amide bonds. The fourth-order valence-electron chi connectivity index (χ4n) is 5.39. The van der Waals surface area contributed by atoms with Crippen molar-refractivity contribution in [3.8, 4) is 0 Å². The molecular formula is C24H31N9O14P2. The topological polar surface area (TPSA) is 335 Å². The number of hydrogen-bond acceptors (Lipinski definition) is 18. The summed E-state index contributed by atoms with van der Waals surface area (Å²) in [5.41, 5.74) is 11.7. The molecule has 0 bridgehead atoms. The number of nitrogens with zero attached hydrogens (tertiary/aromatic N) is 7. The lowest BCUT2D eigenvalue weighted by Gasteiger charge is -2.31. The Morgan fingerprint density at radius 2 is 1.57 bits per heavy atom. The Hall–Kier alpha value is -3.67. The quantitative estimate of drug-likeness (QED) is 0.0882. The second kappa shape index (κ2) is 13.6. The first-order valence-electron chi connectivity index (χ1n) is 14.2. The van der Waals surface area contributed by atoms with E-state index in [1.54, 1.807) is 12.3 Å². The average molecular weight is 732 g/mol. The maximum Gasteiger partial charge on any atom is 0.481 e. The SMILES string of the molecule is NC(=O)C1=CN([C@@H]2O[C@H](COP(=O)(O)OP(=O)(O)OC[C@H]3O[C@@H](n4cnc5c(N)ncnc54)[C@H](O)[C@@H]3O)[C@@H](O)[C@H]2O)C=C[C@H]1n1cccn1. The molecule has 2 unspecified atom stereocenters. The van der Waals surface area contributed by atoms with Gasteiger partial charge in [0.2, 0.25) is 5.91 Å². The lowest BCUT2D eigenvalue weighted by molar-refractivity contribution is -0.115. The smallest absolute Gasteiger partial charge is 0.387 e. The molecule has 6 rings (SSSR count). The molecule has 2 saturated heterocycles. The Morgan fingerprint density at radius 3 is 2.18 bits per heavy atom. The Bertz CT molecular complexity index is 1840. The Labute approximate surface area is 274 Å². The highest BCUT2D eigenvalue weighted by Crippen LogP contribution is 2.60. The van der Waals surface area contributed by atoms with Crippen LogP contribution in [0.1, 0.15) is 12.3 Å². The lowest BCUT2D eigenvalue weighted by atomic mass is 10.0. The van der Waals surface area contributed by atoms with Crippen molar-refractivity contribution in [1.29, 1.82) is 0 Å². The number of ether oxygens (including phenoxy) is 2. The number of carbonyl (C=O) groups excluding carboxylic acids is 1. The molecule has 2 fully saturated rings. The van der Waals surface area contributed by atoms with Gasteiger partial charge in [0.1, 0.15) is 54.5 Å². The summed E-state index contributed by atoms with van der Waals surface area (Å²) in [4.78, 5) is 45.5. The Balaban J connectivity index is 1.03. The molecule has 25 heteroatoms. The predicted molar refractivity (Wildman–Crippen MR) is 158 cm³/mol. The number of carbonyl (C=O) groups is 1. The molecule has 3 aromatic heterocycles. The highest BCUT2D eigenvalue weighted by molar-refractivity contribution is 7.61. The van der Waals surface area contributed by atoms with Gasteiger partial charge in [-0.2, -0.15) is 9.41 Å². The van der Waals surface area contributed by atoms with Gasteiger partial charge in [0.05, 0.1) is 25.1 Å². The number of aliphatic hydroxyl groups is 4. The maximum atomic E-state index is 12.6. The Morgan fingerprint density at radius 1 is 0.939 bits per heavy atom. The number of imidazole rings is 1. The molecule has 6 heterocycles. The number of amides is 1. The second-order valence-electron chi connectivity index (χ2n) is 11.0. The molecule has 0 radical (unpaired) electrons. The van der Waals surface area contributed by atoms with Crippen LogP contribution in [-0.4, -0.2) is 126 Å². The lowest BCUT2D eigenvalue weighted by Crippen LogP contribution is -2.41. The summed E-state index contributed by atoms with van der Waals surface area (Å²) in [6.45, 7) is -1.83. The molecule has 10 N–H and O–H groups in total. The highest BCUT2D eigenvalue weighted by atomic mass is 31.3. The second-order valence-corrected chi connectivity index (χ2v) is 14.0. The normalized spacial score (nSPS) is 32.7. The van der Waals surface area contributed by atoms with Gasteiger partial charge in [-0.1, -0.05) is 0 Å². The van der Waals surface area contributed by atoms with Crippen molar-refractivity contribution in [2.45, 2.75) is 55.1 Å². The van der Waals surface area contributed by atoms with Crippen molar-refractivity contribution in [3.05, 3.63) is 55.2 Å². The first-order valence-corrected chi connectivity index (χ1v) is 17.2. The fourth-order valence-corrected chi connectivity index (χ4v) is 7.48. The molecule has 0 saturated carbocycles. The van der Waals surface area contributed by atoms with Crippen LogP contribution < -0.4 is 11.5 Å². The van der Waals surface area contributed by atoms with Crippen LogP contribution in [0.2, 0.25) is 0 Å². The Kier molecular flexibility index (Phi) is 9.74. The van der Waals surface area contributed by atoms with Crippen LogP contribution in [0.25, 0.3) is 11.2 Å². The standard InChI is InChI=1S/C24H31N9O14P2/c25-20-15-22(28-9-27-20)32(10-29-15)24-19(37)17(35)14(46-24)8-44-49(41,42)47-48(39,40)43-7-13-16(34)18(36)23(45-13)31-5-2-12(11(6-31)21(26)38)33-4-1-3-30-33/h1-6,9-10,12-14,16-19,23-24,34-37H,7-8H2,(H2,26,38)(H,39,40)(H,41,42)(H2,25,27,28)/t12-,13-,14-,16-,17-,18-,19-,23-,24-/m1/s1. The molecule has 0 spiro atoms. The molecule has 3 aliphatic heterocycles. The van der Waals surface area contributed by atoms with Gasteiger partial charge < -0.3 is 56.1 Å². The number of phosphoric acid groups is 2. The van der Waals surface area contributed by atoms with Gasteiger partial charge in [-0.05, 0) is 12.1 Å². The minimum absolute atomic E-state index is 0.0470. The van der Waals surface area contributed by atoms with Crippen LogP contribution in [-0.2, 0) is 36.8 Å². The zero-order chi connectivity index (χ0) is 35.2. The molecule has 266 valence electrons. The summed E-state index contributed by atoms with van der Waals surface area (Å²) in [6.07, 6.45) is -2.36. The van der Waals surface area contributed by atoms with Crippen molar-refractivity contribution in [1.82, 2.24) is 34.2 Å². The van der Waals surface area contributed by atoms with E-state index in [2.05, 4.69) is 24.4 Å². The van der Waals surface area contributed by atoms with E-state index < -0.39 is 89.9 Å². The van der Waals surface area contributed by atoms with Crippen molar-refractivity contribution in [2.24, 2.45) is 5.73 Å². The van der Waals surface area contributed by atoms with Gasteiger partial charge in [0.25, 0.3) is 0 Å². The van der Waals surface area contributed by atoms with Crippen LogP contribution in [0.5, 0.6) is 0 Å². The van der Waals surface area contributed by atoms with Crippen molar-refractivity contribution in [3.63, 3.8) is 0 Å². The van der Waals surface area contributed by atoms with Gasteiger partial charge in [-0.3, -0.25) is 23.1 Å². The zero-order valence-electron chi connectivity index (χ0n) is 24.9. The van der Waals surface area contributed by atoms with Gasteiger partial charge in [-0.25, -0.2) is 24.1 Å². The van der Waals surface area contributed by atoms with E-state index >= 15 is 0 Å². The number of hydrogen-bond donors (Lipinski definition) is 8. The summed E-state index contributed by atoms with van der Waals surface area (Å²) in [5.74, 6) is -0.750. The van der Waals surface area contributed by atoms with E-state index in [1.807, 2.05) is 0 Å². The zero-order valence-corrected chi connectivity index (χ0v) is 26.6. The first-order chi connectivity index (χ1) is 23.2. The number of aliphatic hydroxyl groups excluding tert-OH is 4. The third-order valence-electron chi connectivity index (χ3n) is 7.78. The van der Waals surface area contributed by atoms with Crippen LogP contribution in [0, 0.1) is 0 Å². The summed E-state index contributed by atoms with van der Waals surface area (Å²) in [5, 5.41) is 46.2. The van der Waals surface area contributed by atoms with Crippen LogP contribution in [0.4, 0.5) is 5.82 Å². The number of nitrogens with two attached hydrogens (primary N) is 2. The summed E-state index contributed by atoms with van der Waals surface area (Å²) >= 11 is 0. The van der Waals surface area contributed by atoms with Crippen LogP contribution in [0.3, 0.4) is 0 Å². The number of nitrogen functional groups attached to an aromatic ring is 1. The van der Waals surface area contributed by atoms with E-state index in [0.29, 0.717) is 0 Å². The minimum Gasteiger partial charge on any atom is -0.387 e. The van der Waals surface area contributed by atoms with E-state index in [-0.39, 0.29) is 22.6 Å². The molecule has 3 aromatic rings. The van der Waals surface area contributed by atoms with E-state index in [0.717, 1.165) is 6.33 Å². The van der Waals surface area contributed by atoms with Crippen molar-refractivity contribution >= 4 is 38.5 Å². The predicted octanol–water partition coefficient (Wildman–Crippen LogP) is -2.64. The third-order valence-corrected chi connectivity index (χ3v) is 10.4. The molecule has 3 aliphatic rings. The minimum atomic E-state index is -5.41. The molecular weight excluding hydrogens is 700 g/mol. The fraction of sp³-hybridized carbons (Fsp3) is 0.458. The maximum absolute atomic E-state index is 12.6. The number of fused-ring (bicyclic) bond motifs is 1. The number of allylic oxidation sites excluding steroid dienone is 1. The molecule has 23 nitrogen and oxygen atoms in total. The molecule has 49 heavy (non-hydrogen) atoms. The number of primary amides is 1. The van der Waals surface area contributed by atoms with E-state index in [4.69, 9.17) is 30.0 Å². The molecule has 0 aromatic carbocycles. The van der Waals surface area contributed by atoms with E-state index in [1.165, 1.54) is 45.1 Å². The highest BCUT2D eigenvalue weighted by Gasteiger charge is 2.48. The monoisotopic (exact) mass is 731 g/mol. The van der Waals surface area contributed by atoms with Gasteiger partial charge >= 0.3 is 15.6 Å². The summed E-state index contributed by atoms with van der Waals surface area (Å²) < 4.78 is 52.8. The van der Waals surface area contributed by atoms with Crippen molar-refractivity contribution in [2.75, 3.05) is 18.9 Å². The van der Waals surface area contributed by atoms with Gasteiger partial charge in [0.15, 0.2) is 23.9 Å². The number of aromatic nitrogens is 6. The summed E-state index contributed by atoms with van der Waals surface area (Å²) in [7, 11) is -10.8. The number of phosphoric ester groups is 2. The third kappa shape index (κ3) is 7.16. The van der Waals surface area contributed by atoms with Crippen LogP contribution in [0.15, 0.2) is 55.2 Å². The summed E-state index contributed by atoms with van der Waals surface area (Å²) in [6, 6.07) is 0.977. The number of rotatable bonds is 12. The van der Waals surface area contributed by atoms with Gasteiger partial charge in [0, 0.05) is 24.8 Å². The van der Waals surface area contributed by atoms with Crippen LogP contribution >= 0.6 is 15.6 Å². The first kappa shape index (κ1) is 35.2.